The molecule has 122 valence electrons. The fraction of sp³-hybridized carbons (Fsp3) is 0.529. The molecule has 1 heterocycles. The Balaban J connectivity index is 0.000000295. The standard InChI is InChI=1S/C12H14FNO.C5H10O2/c13-11-3-1-9(2-4-11)12(15)10-5-7-14-8-6-10;1-5(2,3)7-4-6/h1-4,10,14H,5-8H2;4H,1-3H3. The number of rotatable bonds is 3. The first-order valence-corrected chi connectivity index (χ1v) is 7.45. The van der Waals surface area contributed by atoms with Crippen molar-refractivity contribution in [3.8, 4) is 0 Å². The van der Waals surface area contributed by atoms with Gasteiger partial charge in [-0.15, -0.1) is 0 Å². The molecule has 1 aromatic carbocycles. The lowest BCUT2D eigenvalue weighted by atomic mass is 9.90. The topological polar surface area (TPSA) is 55.4 Å². The molecule has 1 N–H and O–H groups in total. The Labute approximate surface area is 131 Å². The van der Waals surface area contributed by atoms with Crippen molar-refractivity contribution in [1.29, 1.82) is 0 Å². The summed E-state index contributed by atoms with van der Waals surface area (Å²) in [6, 6.07) is 5.82. The normalized spacial score (nSPS) is 15.5. The van der Waals surface area contributed by atoms with Gasteiger partial charge in [-0.3, -0.25) is 9.59 Å². The van der Waals surface area contributed by atoms with E-state index in [1.807, 2.05) is 20.8 Å². The third-order valence-corrected chi connectivity index (χ3v) is 3.24. The number of carbonyl (C=O) groups excluding carboxylic acids is 2. The van der Waals surface area contributed by atoms with Crippen molar-refractivity contribution in [2.75, 3.05) is 13.1 Å². The Hall–Kier alpha value is -1.75. The van der Waals surface area contributed by atoms with Gasteiger partial charge in [0, 0.05) is 11.5 Å². The van der Waals surface area contributed by atoms with Crippen LogP contribution in [0.25, 0.3) is 0 Å². The number of hydrogen-bond acceptors (Lipinski definition) is 4. The monoisotopic (exact) mass is 309 g/mol. The molecule has 4 nitrogen and oxygen atoms in total. The fourth-order valence-electron chi connectivity index (χ4n) is 2.08. The molecule has 1 aromatic rings. The largest absolute Gasteiger partial charge is 0.462 e. The van der Waals surface area contributed by atoms with Crippen LogP contribution >= 0.6 is 0 Å². The summed E-state index contributed by atoms with van der Waals surface area (Å²) in [5.74, 6) is -0.0370. The van der Waals surface area contributed by atoms with Crippen LogP contribution in [0, 0.1) is 11.7 Å². The minimum Gasteiger partial charge on any atom is -0.462 e. The average Bonchev–Trinajstić information content (AvgIpc) is 2.48. The Bertz CT molecular complexity index is 474. The van der Waals surface area contributed by atoms with Gasteiger partial charge in [-0.2, -0.15) is 0 Å². The van der Waals surface area contributed by atoms with E-state index in [1.54, 1.807) is 12.1 Å². The molecule has 1 aliphatic heterocycles. The highest BCUT2D eigenvalue weighted by Crippen LogP contribution is 2.18. The Kier molecular flexibility index (Phi) is 7.18. The Morgan fingerprint density at radius 3 is 2.18 bits per heavy atom. The van der Waals surface area contributed by atoms with Crippen molar-refractivity contribution in [3.05, 3.63) is 35.6 Å². The molecule has 0 atom stereocenters. The molecule has 1 aliphatic rings. The summed E-state index contributed by atoms with van der Waals surface area (Å²) in [4.78, 5) is 21.6. The van der Waals surface area contributed by atoms with Crippen LogP contribution in [-0.2, 0) is 9.53 Å². The van der Waals surface area contributed by atoms with E-state index in [0.29, 0.717) is 12.0 Å². The van der Waals surface area contributed by atoms with Crippen molar-refractivity contribution in [3.63, 3.8) is 0 Å². The first-order chi connectivity index (χ1) is 10.3. The molecule has 2 rings (SSSR count). The zero-order chi connectivity index (χ0) is 16.6. The summed E-state index contributed by atoms with van der Waals surface area (Å²) < 4.78 is 17.2. The molecule has 0 radical (unpaired) electrons. The molecule has 0 aliphatic carbocycles. The number of carbonyl (C=O) groups is 2. The van der Waals surface area contributed by atoms with Gasteiger partial charge >= 0.3 is 0 Å². The number of Topliss-reactive ketones (excluding diaryl/α,β-unsaturated/α-hetero) is 1. The van der Waals surface area contributed by atoms with Gasteiger partial charge in [-0.1, -0.05) is 0 Å². The van der Waals surface area contributed by atoms with Crippen LogP contribution < -0.4 is 5.32 Å². The van der Waals surface area contributed by atoms with E-state index in [4.69, 9.17) is 0 Å². The molecule has 1 fully saturated rings. The van der Waals surface area contributed by atoms with Gasteiger partial charge in [0.2, 0.25) is 0 Å². The van der Waals surface area contributed by atoms with Gasteiger partial charge in [0.25, 0.3) is 6.47 Å². The van der Waals surface area contributed by atoms with Gasteiger partial charge < -0.3 is 10.1 Å². The average molecular weight is 309 g/mol. The zero-order valence-corrected chi connectivity index (χ0v) is 13.4. The van der Waals surface area contributed by atoms with Gasteiger partial charge in [0.15, 0.2) is 5.78 Å². The zero-order valence-electron chi connectivity index (χ0n) is 13.4. The summed E-state index contributed by atoms with van der Waals surface area (Å²) in [7, 11) is 0. The number of halogens is 1. The maximum Gasteiger partial charge on any atom is 0.293 e. The lowest BCUT2D eigenvalue weighted by molar-refractivity contribution is -0.138. The Morgan fingerprint density at radius 2 is 1.77 bits per heavy atom. The van der Waals surface area contributed by atoms with E-state index in [-0.39, 0.29) is 23.1 Å². The molecular formula is C17H24FNO3. The van der Waals surface area contributed by atoms with Gasteiger partial charge in [0.05, 0.1) is 0 Å². The number of ketones is 1. The lowest BCUT2D eigenvalue weighted by Crippen LogP contribution is -2.31. The SMILES string of the molecule is CC(C)(C)OC=O.O=C(c1ccc(F)cc1)C1CCNCC1. The lowest BCUT2D eigenvalue weighted by Gasteiger charge is -2.21. The number of piperidine rings is 1. The third kappa shape index (κ3) is 6.80. The van der Waals surface area contributed by atoms with Crippen molar-refractivity contribution in [2.45, 2.75) is 39.2 Å². The predicted octanol–water partition coefficient (Wildman–Crippen LogP) is 2.97. The number of nitrogens with one attached hydrogen (secondary N) is 1. The van der Waals surface area contributed by atoms with Crippen LogP contribution in [0.4, 0.5) is 4.39 Å². The van der Waals surface area contributed by atoms with Gasteiger partial charge in [-0.25, -0.2) is 4.39 Å². The molecule has 0 saturated carbocycles. The summed E-state index contributed by atoms with van der Waals surface area (Å²) in [6.07, 6.45) is 1.77. The van der Waals surface area contributed by atoms with Gasteiger partial charge in [-0.05, 0) is 71.0 Å². The summed E-state index contributed by atoms with van der Waals surface area (Å²) in [5.41, 5.74) is 0.310. The minimum atomic E-state index is -0.318. The van der Waals surface area contributed by atoms with E-state index < -0.39 is 0 Å². The second kappa shape index (κ2) is 8.63. The first kappa shape index (κ1) is 18.3. The smallest absolute Gasteiger partial charge is 0.293 e. The Morgan fingerprint density at radius 1 is 1.23 bits per heavy atom. The molecule has 0 spiro atoms. The molecule has 0 amide bonds. The van der Waals surface area contributed by atoms with Crippen molar-refractivity contribution < 1.29 is 18.7 Å². The quantitative estimate of drug-likeness (QED) is 0.689. The van der Waals surface area contributed by atoms with Crippen LogP contribution in [0.5, 0.6) is 0 Å². The molecule has 0 aromatic heterocycles. The summed E-state index contributed by atoms with van der Waals surface area (Å²) in [6.45, 7) is 7.72. The summed E-state index contributed by atoms with van der Waals surface area (Å²) in [5, 5.41) is 3.22. The molecule has 5 heteroatoms. The second-order valence-electron chi connectivity index (χ2n) is 6.22. The van der Waals surface area contributed by atoms with E-state index in [2.05, 4.69) is 10.1 Å². The number of benzene rings is 1. The fourth-order valence-corrected chi connectivity index (χ4v) is 2.08. The van der Waals surface area contributed by atoms with Crippen LogP contribution in [-0.4, -0.2) is 30.9 Å². The maximum absolute atomic E-state index is 12.7. The second-order valence-corrected chi connectivity index (χ2v) is 6.22. The van der Waals surface area contributed by atoms with Crippen molar-refractivity contribution in [2.24, 2.45) is 5.92 Å². The highest BCUT2D eigenvalue weighted by Gasteiger charge is 2.21. The van der Waals surface area contributed by atoms with Crippen molar-refractivity contribution >= 4 is 12.3 Å². The van der Waals surface area contributed by atoms with Crippen LogP contribution in [0.2, 0.25) is 0 Å². The highest BCUT2D eigenvalue weighted by molar-refractivity contribution is 5.97. The molecule has 0 unspecified atom stereocenters. The van der Waals surface area contributed by atoms with Crippen LogP contribution in [0.15, 0.2) is 24.3 Å². The number of hydrogen-bond donors (Lipinski definition) is 1. The molecule has 22 heavy (non-hydrogen) atoms. The van der Waals surface area contributed by atoms with Crippen LogP contribution in [0.3, 0.4) is 0 Å². The third-order valence-electron chi connectivity index (χ3n) is 3.24. The maximum atomic E-state index is 12.7. The number of ether oxygens (including phenoxy) is 1. The molecular weight excluding hydrogens is 285 g/mol. The van der Waals surface area contributed by atoms with E-state index in [9.17, 15) is 14.0 Å². The van der Waals surface area contributed by atoms with E-state index in [0.717, 1.165) is 25.9 Å². The van der Waals surface area contributed by atoms with Gasteiger partial charge in [0.1, 0.15) is 11.4 Å². The highest BCUT2D eigenvalue weighted by atomic mass is 19.1. The van der Waals surface area contributed by atoms with Crippen LogP contribution in [0.1, 0.15) is 44.0 Å². The summed E-state index contributed by atoms with van der Waals surface area (Å²) >= 11 is 0. The minimum absolute atomic E-state index is 0.108. The van der Waals surface area contributed by atoms with Crippen molar-refractivity contribution in [1.82, 2.24) is 5.32 Å². The molecule has 1 saturated heterocycles. The van der Waals surface area contributed by atoms with E-state index >= 15 is 0 Å². The first-order valence-electron chi connectivity index (χ1n) is 7.45. The molecule has 0 bridgehead atoms. The predicted molar refractivity (Wildman–Crippen MR) is 83.2 cm³/mol. The van der Waals surface area contributed by atoms with E-state index in [1.165, 1.54) is 12.1 Å².